The first kappa shape index (κ1) is 26.4. The number of allylic oxidation sites excluding steroid dienone is 2. The van der Waals surface area contributed by atoms with Gasteiger partial charge in [0, 0.05) is 65.7 Å². The largest absolute Gasteiger partial charge is 0.481 e. The van der Waals surface area contributed by atoms with Crippen molar-refractivity contribution in [1.29, 1.82) is 0 Å². The number of halogens is 2. The third-order valence-corrected chi connectivity index (χ3v) is 8.39. The van der Waals surface area contributed by atoms with Crippen LogP contribution in [0.5, 0.6) is 5.75 Å². The highest BCUT2D eigenvalue weighted by Gasteiger charge is 2.44. The van der Waals surface area contributed by atoms with Crippen LogP contribution in [-0.4, -0.2) is 37.6 Å². The van der Waals surface area contributed by atoms with E-state index >= 15 is 4.39 Å². The van der Waals surface area contributed by atoms with E-state index < -0.39 is 17.7 Å². The number of benzene rings is 2. The Labute approximate surface area is 227 Å². The lowest BCUT2D eigenvalue weighted by Crippen LogP contribution is -2.47. The minimum Gasteiger partial charge on any atom is -0.481 e. The van der Waals surface area contributed by atoms with Crippen LogP contribution in [0.15, 0.2) is 60.2 Å². The van der Waals surface area contributed by atoms with Crippen LogP contribution in [0, 0.1) is 5.92 Å². The van der Waals surface area contributed by atoms with Crippen molar-refractivity contribution in [2.24, 2.45) is 11.7 Å². The number of rotatable bonds is 7. The van der Waals surface area contributed by atoms with Gasteiger partial charge in [-0.25, -0.2) is 4.39 Å². The molecular formula is C30H33ClFN3O3. The molecule has 200 valence electrons. The average molecular weight is 538 g/mol. The first-order valence-corrected chi connectivity index (χ1v) is 13.6. The highest BCUT2D eigenvalue weighted by Crippen LogP contribution is 2.48. The molecule has 1 heterocycles. The minimum absolute atomic E-state index is 0.0590. The van der Waals surface area contributed by atoms with E-state index in [9.17, 15) is 9.59 Å². The monoisotopic (exact) mass is 537 g/mol. The van der Waals surface area contributed by atoms with E-state index in [0.29, 0.717) is 29.3 Å². The van der Waals surface area contributed by atoms with Crippen LogP contribution in [-0.2, 0) is 21.6 Å². The molecule has 6 nitrogen and oxygen atoms in total. The number of alkyl halides is 1. The van der Waals surface area contributed by atoms with E-state index in [1.54, 1.807) is 25.3 Å². The van der Waals surface area contributed by atoms with E-state index in [1.165, 1.54) is 0 Å². The van der Waals surface area contributed by atoms with Crippen molar-refractivity contribution in [2.75, 3.05) is 13.6 Å². The summed E-state index contributed by atoms with van der Waals surface area (Å²) in [4.78, 5) is 24.3. The molecule has 4 N–H and O–H groups in total. The highest BCUT2D eigenvalue weighted by atomic mass is 35.5. The van der Waals surface area contributed by atoms with Crippen molar-refractivity contribution < 1.29 is 18.7 Å². The van der Waals surface area contributed by atoms with Gasteiger partial charge in [-0.2, -0.15) is 0 Å². The first-order valence-electron chi connectivity index (χ1n) is 13.2. The van der Waals surface area contributed by atoms with E-state index in [-0.39, 0.29) is 35.4 Å². The molecule has 2 aliphatic carbocycles. The lowest BCUT2D eigenvalue weighted by molar-refractivity contribution is -0.125. The van der Waals surface area contributed by atoms with Crippen molar-refractivity contribution >= 4 is 29.0 Å². The zero-order valence-electron chi connectivity index (χ0n) is 21.4. The van der Waals surface area contributed by atoms with Crippen LogP contribution in [0.2, 0.25) is 5.02 Å². The summed E-state index contributed by atoms with van der Waals surface area (Å²) in [5.74, 6) is 0.103. The van der Waals surface area contributed by atoms with Gasteiger partial charge in [-0.3, -0.25) is 9.59 Å². The van der Waals surface area contributed by atoms with Gasteiger partial charge < -0.3 is 21.1 Å². The SMILES string of the molecule is CNC(=O)[C@H]1CC[C@@H](NC[C@@]2(c3ccccc3)Cc3c(ccc(Cl)c3C3=C(C(N)=O)C=CCC3F)O2)CC1. The van der Waals surface area contributed by atoms with Crippen molar-refractivity contribution in [3.63, 3.8) is 0 Å². The van der Waals surface area contributed by atoms with Crippen LogP contribution in [0.3, 0.4) is 0 Å². The maximum Gasteiger partial charge on any atom is 0.249 e. The summed E-state index contributed by atoms with van der Waals surface area (Å²) in [5, 5.41) is 6.83. The molecule has 8 heteroatoms. The number of amides is 2. The smallest absolute Gasteiger partial charge is 0.249 e. The summed E-state index contributed by atoms with van der Waals surface area (Å²) in [7, 11) is 1.68. The number of primary amides is 1. The molecule has 1 unspecified atom stereocenters. The molecule has 0 bridgehead atoms. The van der Waals surface area contributed by atoms with Gasteiger partial charge in [-0.15, -0.1) is 0 Å². The van der Waals surface area contributed by atoms with Gasteiger partial charge in [0.2, 0.25) is 11.8 Å². The Hall–Kier alpha value is -3.16. The summed E-state index contributed by atoms with van der Waals surface area (Å²) < 4.78 is 22.1. The van der Waals surface area contributed by atoms with Crippen molar-refractivity contribution in [1.82, 2.24) is 10.6 Å². The predicted molar refractivity (Wildman–Crippen MR) is 146 cm³/mol. The number of nitrogens with one attached hydrogen (secondary N) is 2. The molecule has 2 amide bonds. The van der Waals surface area contributed by atoms with Gasteiger partial charge in [0.05, 0.1) is 0 Å². The normalized spacial score (nSPS) is 26.6. The number of carbonyl (C=O) groups is 2. The fourth-order valence-electron chi connectivity index (χ4n) is 6.06. The molecular weight excluding hydrogens is 505 g/mol. The number of hydrogen-bond acceptors (Lipinski definition) is 4. The zero-order valence-corrected chi connectivity index (χ0v) is 22.2. The van der Waals surface area contributed by atoms with Gasteiger partial charge in [0.15, 0.2) is 5.60 Å². The van der Waals surface area contributed by atoms with Crippen LogP contribution < -0.4 is 21.1 Å². The predicted octanol–water partition coefficient (Wildman–Crippen LogP) is 4.60. The number of fused-ring (bicyclic) bond motifs is 1. The summed E-state index contributed by atoms with van der Waals surface area (Å²) in [6, 6.07) is 13.7. The Morgan fingerprint density at radius 1 is 1.13 bits per heavy atom. The lowest BCUT2D eigenvalue weighted by Gasteiger charge is -2.34. The van der Waals surface area contributed by atoms with Gasteiger partial charge in [-0.05, 0) is 43.4 Å². The van der Waals surface area contributed by atoms with Gasteiger partial charge in [0.25, 0.3) is 0 Å². The molecule has 3 aliphatic rings. The van der Waals surface area contributed by atoms with E-state index in [2.05, 4.69) is 10.6 Å². The summed E-state index contributed by atoms with van der Waals surface area (Å²) >= 11 is 6.68. The van der Waals surface area contributed by atoms with E-state index in [1.807, 2.05) is 36.4 Å². The lowest BCUT2D eigenvalue weighted by atomic mass is 9.82. The molecule has 0 saturated heterocycles. The Morgan fingerprint density at radius 3 is 2.55 bits per heavy atom. The molecule has 1 aliphatic heterocycles. The molecule has 2 aromatic carbocycles. The maximum absolute atomic E-state index is 15.4. The summed E-state index contributed by atoms with van der Waals surface area (Å²) in [6.45, 7) is 0.527. The van der Waals surface area contributed by atoms with E-state index in [4.69, 9.17) is 22.1 Å². The summed E-state index contributed by atoms with van der Waals surface area (Å²) in [5.41, 5.74) is 7.54. The quantitative estimate of drug-likeness (QED) is 0.481. The molecule has 0 spiro atoms. The Bertz CT molecular complexity index is 1290. The number of carbonyl (C=O) groups excluding carboxylic acids is 2. The maximum atomic E-state index is 15.4. The Morgan fingerprint density at radius 2 is 1.87 bits per heavy atom. The third kappa shape index (κ3) is 4.97. The van der Waals surface area contributed by atoms with Crippen LogP contribution >= 0.6 is 11.6 Å². The van der Waals surface area contributed by atoms with Crippen molar-refractivity contribution in [3.8, 4) is 5.75 Å². The zero-order chi connectivity index (χ0) is 26.9. The third-order valence-electron chi connectivity index (χ3n) is 8.07. The second kappa shape index (κ2) is 10.9. The second-order valence-electron chi connectivity index (χ2n) is 10.4. The van der Waals surface area contributed by atoms with Crippen LogP contribution in [0.1, 0.15) is 48.8 Å². The number of ether oxygens (including phenoxy) is 1. The molecule has 0 aromatic heterocycles. The topological polar surface area (TPSA) is 93.5 Å². The van der Waals surface area contributed by atoms with Crippen molar-refractivity contribution in [3.05, 3.63) is 81.9 Å². The van der Waals surface area contributed by atoms with Crippen LogP contribution in [0.4, 0.5) is 4.39 Å². The standard InChI is InChI=1S/C30H33ClFN3O3/c1-34-29(37)18-10-12-20(13-11-18)35-17-30(19-6-3-2-4-7-19)16-22-25(38-30)15-14-23(31)26(22)27-21(28(33)36)8-5-9-24(27)32/h2-8,14-15,18,20,24,35H,9-13,16-17H2,1H3,(H2,33,36)(H,34,37)/t18-,20+,24?,30-/m1/s1. The summed E-state index contributed by atoms with van der Waals surface area (Å²) in [6.07, 6.45) is 5.89. The average Bonchev–Trinajstić information content (AvgIpc) is 3.32. The van der Waals surface area contributed by atoms with Crippen LogP contribution in [0.25, 0.3) is 5.57 Å². The Balaban J connectivity index is 1.47. The second-order valence-corrected chi connectivity index (χ2v) is 10.8. The molecule has 1 saturated carbocycles. The van der Waals surface area contributed by atoms with Crippen molar-refractivity contribution in [2.45, 2.75) is 56.3 Å². The molecule has 5 rings (SSSR count). The molecule has 2 atom stereocenters. The molecule has 1 fully saturated rings. The Kier molecular flexibility index (Phi) is 7.59. The highest BCUT2D eigenvalue weighted by molar-refractivity contribution is 6.33. The number of nitrogens with two attached hydrogens (primary N) is 1. The first-order chi connectivity index (χ1) is 18.3. The molecule has 2 aromatic rings. The number of hydrogen-bond donors (Lipinski definition) is 3. The minimum atomic E-state index is -1.40. The van der Waals surface area contributed by atoms with Gasteiger partial charge in [0.1, 0.15) is 11.9 Å². The fraction of sp³-hybridized carbons (Fsp3) is 0.400. The van der Waals surface area contributed by atoms with E-state index in [0.717, 1.165) is 36.8 Å². The van der Waals surface area contributed by atoms with Gasteiger partial charge in [-0.1, -0.05) is 54.1 Å². The molecule has 38 heavy (non-hydrogen) atoms. The van der Waals surface area contributed by atoms with Gasteiger partial charge >= 0.3 is 0 Å². The fourth-order valence-corrected chi connectivity index (χ4v) is 6.34. The molecule has 0 radical (unpaired) electrons.